The van der Waals surface area contributed by atoms with Crippen LogP contribution in [0.3, 0.4) is 0 Å². The van der Waals surface area contributed by atoms with E-state index in [9.17, 15) is 68.7 Å². The number of nitrogens with one attached hydrogen (secondary N) is 16. The molecule has 45 nitrogen and oxygen atoms in total. The lowest BCUT2D eigenvalue weighted by Gasteiger charge is -2.34. The van der Waals surface area contributed by atoms with Crippen molar-refractivity contribution in [3.63, 3.8) is 0 Å². The number of phenols is 3. The summed E-state index contributed by atoms with van der Waals surface area (Å²) in [6, 6.07) is -7.89. The highest BCUT2D eigenvalue weighted by atomic mass is 33.1. The maximum Gasteiger partial charge on any atom is 0.249 e. The van der Waals surface area contributed by atoms with Crippen molar-refractivity contribution in [2.45, 2.75) is 226 Å². The number of benzene rings is 3. The smallest absolute Gasteiger partial charge is 0.249 e. The number of phenolic OH excluding ortho intramolecular Hbond substituents is 3. The number of H-pyrrole nitrogens is 1. The number of primary amides is 1. The molecule has 5 fully saturated rings. The Labute approximate surface area is 761 Å². The number of hydrogen-bond acceptors (Lipinski definition) is 27. The minimum atomic E-state index is -1.93. The van der Waals surface area contributed by atoms with Crippen LogP contribution in [0.15, 0.2) is 85.3 Å². The number of aromatic hydroxyl groups is 3. The lowest BCUT2D eigenvalue weighted by molar-refractivity contribution is -0.148. The molecule has 17 amide bonds. The molecule has 6 heterocycles. The molecule has 2 bridgehead atoms. The highest BCUT2D eigenvalue weighted by Crippen LogP contribution is 2.29. The third kappa shape index (κ3) is 30.4. The molecule has 712 valence electrons. The van der Waals surface area contributed by atoms with Gasteiger partial charge in [0.2, 0.25) is 100 Å². The van der Waals surface area contributed by atoms with Crippen LogP contribution in [0.5, 0.6) is 17.2 Å². The van der Waals surface area contributed by atoms with E-state index in [1.54, 1.807) is 0 Å². The van der Waals surface area contributed by atoms with Crippen molar-refractivity contribution in [3.05, 3.63) is 108 Å². The molecule has 0 radical (unpaired) electrons. The van der Waals surface area contributed by atoms with Crippen molar-refractivity contribution in [2.24, 2.45) is 17.2 Å². The third-order valence-corrected chi connectivity index (χ3v) is 25.2. The van der Waals surface area contributed by atoms with Gasteiger partial charge in [0.1, 0.15) is 114 Å². The van der Waals surface area contributed by atoms with Gasteiger partial charge in [-0.3, -0.25) is 86.9 Å². The molecule has 131 heavy (non-hydrogen) atoms. The number of hydrogen-bond donors (Lipinski definition) is 24. The maximum atomic E-state index is 15.7. The monoisotopic (exact) mass is 1860 g/mol. The molecule has 27 N–H and O–H groups in total. The largest absolute Gasteiger partial charge is 0.508 e. The van der Waals surface area contributed by atoms with Gasteiger partial charge in [-0.1, -0.05) is 58.0 Å². The molecule has 3 aromatic carbocycles. The van der Waals surface area contributed by atoms with Crippen LogP contribution in [0.2, 0.25) is 0 Å². The predicted molar refractivity (Wildman–Crippen MR) is 473 cm³/mol. The minimum absolute atomic E-state index is 0.00287. The summed E-state index contributed by atoms with van der Waals surface area (Å²) in [7, 11) is 1.44. The first-order valence-electron chi connectivity index (χ1n) is 43.3. The molecule has 5 aliphatic heterocycles. The second kappa shape index (κ2) is 49.8. The van der Waals surface area contributed by atoms with Gasteiger partial charge in [-0.15, -0.1) is 0 Å². The number of aromatic nitrogens is 2. The molecule has 0 spiro atoms. The molecule has 1 aromatic heterocycles. The Morgan fingerprint density at radius 3 is 1.37 bits per heavy atom. The Hall–Kier alpha value is -12.9. The summed E-state index contributed by atoms with van der Waals surface area (Å²) in [6.07, 6.45) is -1.16. The predicted octanol–water partition coefficient (Wildman–Crippen LogP) is -6.45. The normalized spacial score (nSPS) is 26.8. The Morgan fingerprint density at radius 1 is 0.450 bits per heavy atom. The second-order valence-corrected chi connectivity index (χ2v) is 35.2. The van der Waals surface area contributed by atoms with E-state index < -0.39 is 253 Å². The van der Waals surface area contributed by atoms with Crippen LogP contribution in [0.1, 0.15) is 126 Å². The summed E-state index contributed by atoms with van der Waals surface area (Å²) >= 11 is 0. The highest BCUT2D eigenvalue weighted by Gasteiger charge is 2.46. The van der Waals surface area contributed by atoms with Crippen LogP contribution < -0.4 is 91.6 Å². The second-order valence-electron chi connectivity index (χ2n) is 32.7. The number of unbranched alkanes of at least 4 members (excludes halogenated alkanes) is 1. The van der Waals surface area contributed by atoms with E-state index in [4.69, 9.17) is 22.6 Å². The first-order valence-corrected chi connectivity index (χ1v) is 45.8. The number of aliphatic hydroxyl groups is 2. The van der Waals surface area contributed by atoms with Gasteiger partial charge in [-0.05, 0) is 157 Å². The molecule has 47 heteroatoms. The molecular weight excluding hydrogens is 1750 g/mol. The number of amides is 17. The first-order chi connectivity index (χ1) is 62.6. The summed E-state index contributed by atoms with van der Waals surface area (Å²) in [5, 5.41) is 97.3. The number of carbonyl (C=O) groups excluding carboxylic acids is 17. The fourth-order valence-electron chi connectivity index (χ4n) is 15.6. The summed E-state index contributed by atoms with van der Waals surface area (Å²) in [6.45, 7) is 1.03. The van der Waals surface area contributed by atoms with Gasteiger partial charge >= 0.3 is 0 Å². The molecule has 0 saturated carbocycles. The number of nitrogens with two attached hydrogens (primary N) is 3. The summed E-state index contributed by atoms with van der Waals surface area (Å²) < 4.78 is 0. The molecule has 9 rings (SSSR count). The van der Waals surface area contributed by atoms with Gasteiger partial charge < -0.3 is 137 Å². The minimum Gasteiger partial charge on any atom is -0.508 e. The van der Waals surface area contributed by atoms with E-state index in [0.29, 0.717) is 18.4 Å². The van der Waals surface area contributed by atoms with Crippen molar-refractivity contribution in [2.75, 3.05) is 57.4 Å². The number of aliphatic hydroxyl groups excluding tert-OH is 2. The van der Waals surface area contributed by atoms with Crippen molar-refractivity contribution in [1.82, 2.24) is 99.1 Å². The lowest BCUT2D eigenvalue weighted by Crippen LogP contribution is -2.61. The molecule has 0 unspecified atom stereocenters. The molecule has 16 atom stereocenters. The van der Waals surface area contributed by atoms with E-state index >= 15 is 38.4 Å². The Morgan fingerprint density at radius 2 is 0.863 bits per heavy atom. The Balaban J connectivity index is 1.16. The average molecular weight is 1870 g/mol. The average Bonchev–Trinajstić information content (AvgIpc) is 1.67. The topological polar surface area (TPSA) is 700 Å². The molecule has 0 aliphatic carbocycles. The van der Waals surface area contributed by atoms with Crippen molar-refractivity contribution in [3.8, 4) is 17.2 Å². The molecule has 5 saturated heterocycles. The molecule has 4 aromatic rings. The zero-order valence-electron chi connectivity index (χ0n) is 72.4. The van der Waals surface area contributed by atoms with Gasteiger partial charge in [-0.25, -0.2) is 4.98 Å². The summed E-state index contributed by atoms with van der Waals surface area (Å²) in [4.78, 5) is 262. The highest BCUT2D eigenvalue weighted by molar-refractivity contribution is 8.76. The van der Waals surface area contributed by atoms with Crippen LogP contribution in [0, 0.1) is 5.41 Å². The van der Waals surface area contributed by atoms with Crippen LogP contribution in [0.4, 0.5) is 0 Å². The standard InChI is InChI=1S/C84H117N23O22S2/c1-44-68(114)103-61-41-130-131-42-62(104-74(120)57(36-47-16-22-51(110)23-17-47)98-69(115)53(10-5-30-91-84(87)88)96-80(126)66(112)28-31-90-78(124)63-11-6-32-105(63)81(127)45(2)94-75(121)60(40-108)102-77(61)123)76(122)99-56(35-46-14-20-50(109)21-15-46)72(118)95-54(26-27-67(86)113)70(116)97-55(9-3-4-29-85)82(128)107-34-8-13-65(107)83(129)106-33-7-12-64(106)79(125)101-58(37-48-18-24-52(111)25-19-48)73(119)100-59(71(117)93-44)38-49-39-89-43-92-49/h14-25,39,43-45,53-66,108-112H,3-13,26-38,40-42,85H2,1-2H3,(H2,86,113)(H,89,92)(H,90,124)(H,93,117)(H,94,121)(H,95,118)(H,96,126)(H,97,116)(H,98,115)(H,99,122)(H,100,119)(H,101,125)(H,102,123)(H,103,114)(H,104,120)(H4,87,88,91)/t44-,45-,53-,54-,55-,56-,57-,58-,59-,60-,61-,62-,63+,64-,65+,66-/m0/s1. The van der Waals surface area contributed by atoms with Crippen molar-refractivity contribution < 1.29 is 107 Å². The van der Waals surface area contributed by atoms with E-state index in [-0.39, 0.29) is 144 Å². The van der Waals surface area contributed by atoms with Crippen LogP contribution in [-0.4, -0.2) is 311 Å². The number of guanidine groups is 1. The van der Waals surface area contributed by atoms with E-state index in [1.165, 1.54) is 114 Å². The summed E-state index contributed by atoms with van der Waals surface area (Å²) in [5.74, 6) is -19.2. The number of carbonyl (C=O) groups is 17. The van der Waals surface area contributed by atoms with Crippen LogP contribution >= 0.6 is 21.6 Å². The fourth-order valence-corrected chi connectivity index (χ4v) is 17.9. The van der Waals surface area contributed by atoms with E-state index in [2.05, 4.69) is 84.4 Å². The zero-order chi connectivity index (χ0) is 95.1. The van der Waals surface area contributed by atoms with Gasteiger partial charge in [0.25, 0.3) is 0 Å². The third-order valence-electron chi connectivity index (χ3n) is 22.8. The number of fused-ring (bicyclic) bond motifs is 8. The zero-order valence-corrected chi connectivity index (χ0v) is 74.1. The van der Waals surface area contributed by atoms with Crippen LogP contribution in [0.25, 0.3) is 0 Å². The quantitative estimate of drug-likeness (QED) is 0.0169. The van der Waals surface area contributed by atoms with E-state index in [0.717, 1.165) is 21.6 Å². The van der Waals surface area contributed by atoms with Crippen LogP contribution in [-0.2, 0) is 107 Å². The maximum absolute atomic E-state index is 15.7. The molecule has 5 aliphatic rings. The number of imidazole rings is 1. The van der Waals surface area contributed by atoms with Gasteiger partial charge in [0, 0.05) is 88.2 Å². The van der Waals surface area contributed by atoms with Gasteiger partial charge in [-0.2, -0.15) is 0 Å². The number of aromatic amines is 1. The molecular formula is C84H117N23O22S2. The Kier molecular flexibility index (Phi) is 38.7. The SMILES string of the molecule is C[C@@H]1NC(=O)[C@H](Cc2cnc[nH]2)NC(=O)[C@H](Cc2ccc(O)cc2)NC(=O)[C@@H]2CCCN2C(=O)[C@H]2CCCN2C(=O)[C@H](CCCCN)NC(=O)[C@H](CCC(N)=O)NC(=O)[C@H](Cc2ccc(O)cc2)NC(=O)[C@@H]2CSSC[C@H](NC1=O)C(=O)N[C@@H](CO)C(=O)N[C@@H](C)C(=O)N1CCC[C@@H]1C(=O)NCC[C@H](O)C(=O)N[C@@H](CCCNC(=N)N)C(=O)N[C@@H](Cc1ccc(O)cc1)C(=O)N2. The first kappa shape index (κ1) is 102. The van der Waals surface area contributed by atoms with Gasteiger partial charge in [0.15, 0.2) is 5.96 Å². The number of nitrogens with zero attached hydrogens (tertiary/aromatic N) is 4. The summed E-state index contributed by atoms with van der Waals surface area (Å²) in [5.41, 5.74) is 18.4. The Bertz CT molecular complexity index is 4710. The van der Waals surface area contributed by atoms with E-state index in [1.807, 2.05) is 0 Å². The van der Waals surface area contributed by atoms with Crippen molar-refractivity contribution in [1.29, 1.82) is 5.41 Å². The number of rotatable bonds is 20. The van der Waals surface area contributed by atoms with Gasteiger partial charge in [0.05, 0.1) is 12.9 Å². The van der Waals surface area contributed by atoms with Crippen molar-refractivity contribution >= 4 is 128 Å². The lowest BCUT2D eigenvalue weighted by atomic mass is 10.0. The fraction of sp³-hybridized carbons (Fsp3) is 0.536.